The maximum absolute atomic E-state index is 10.6. The molecular formula is C14H17NO. The Labute approximate surface area is 96.4 Å². The zero-order chi connectivity index (χ0) is 11.8. The molecule has 1 aromatic rings. The predicted molar refractivity (Wildman–Crippen MR) is 65.9 cm³/mol. The van der Waals surface area contributed by atoms with Gasteiger partial charge in [0.05, 0.1) is 5.71 Å². The smallest absolute Gasteiger partial charge is 0.233 e. The van der Waals surface area contributed by atoms with Crippen LogP contribution in [0.1, 0.15) is 38.3 Å². The van der Waals surface area contributed by atoms with Crippen LogP contribution in [0, 0.1) is 5.92 Å². The van der Waals surface area contributed by atoms with Gasteiger partial charge in [0.1, 0.15) is 0 Å². The summed E-state index contributed by atoms with van der Waals surface area (Å²) >= 11 is 0. The molecule has 0 aromatic heterocycles. The van der Waals surface area contributed by atoms with Crippen molar-refractivity contribution in [1.29, 1.82) is 0 Å². The first kappa shape index (κ1) is 11.1. The normalized spacial score (nSPS) is 26.1. The minimum atomic E-state index is 0.110. The van der Waals surface area contributed by atoms with Crippen LogP contribution in [0.2, 0.25) is 0 Å². The lowest BCUT2D eigenvalue weighted by Gasteiger charge is -2.29. The lowest BCUT2D eigenvalue weighted by atomic mass is 9.74. The number of aliphatic imine (C=N–C) groups is 1. The van der Waals surface area contributed by atoms with E-state index in [1.807, 2.05) is 6.07 Å². The first-order valence-electron chi connectivity index (χ1n) is 5.70. The quantitative estimate of drug-likeness (QED) is 0.697. The van der Waals surface area contributed by atoms with Gasteiger partial charge in [-0.25, -0.2) is 4.99 Å². The molecule has 1 aliphatic carbocycles. The molecule has 0 saturated carbocycles. The Morgan fingerprint density at radius 3 is 2.69 bits per heavy atom. The van der Waals surface area contributed by atoms with Gasteiger partial charge in [0, 0.05) is 11.8 Å². The van der Waals surface area contributed by atoms with Crippen molar-refractivity contribution in [3.05, 3.63) is 35.4 Å². The predicted octanol–water partition coefficient (Wildman–Crippen LogP) is 2.95. The van der Waals surface area contributed by atoms with Crippen LogP contribution >= 0.6 is 0 Å². The van der Waals surface area contributed by atoms with Crippen molar-refractivity contribution in [2.75, 3.05) is 0 Å². The molecule has 1 aliphatic rings. The number of rotatable bonds is 2. The van der Waals surface area contributed by atoms with E-state index in [1.54, 1.807) is 0 Å². The van der Waals surface area contributed by atoms with Gasteiger partial charge in [0.15, 0.2) is 0 Å². The molecule has 0 saturated heterocycles. The zero-order valence-corrected chi connectivity index (χ0v) is 10.0. The van der Waals surface area contributed by atoms with Gasteiger partial charge < -0.3 is 0 Å². The number of carbonyl (C=O) groups excluding carboxylic acids is 1. The van der Waals surface area contributed by atoms with Crippen molar-refractivity contribution in [2.45, 2.75) is 32.6 Å². The van der Waals surface area contributed by atoms with Crippen LogP contribution in [0.15, 0.2) is 29.3 Å². The van der Waals surface area contributed by atoms with Gasteiger partial charge >= 0.3 is 0 Å². The van der Waals surface area contributed by atoms with Gasteiger partial charge in [0.2, 0.25) is 6.41 Å². The van der Waals surface area contributed by atoms with Crippen molar-refractivity contribution in [3.63, 3.8) is 0 Å². The summed E-state index contributed by atoms with van der Waals surface area (Å²) in [6.45, 7) is 6.70. The van der Waals surface area contributed by atoms with E-state index in [4.69, 9.17) is 0 Å². The van der Waals surface area contributed by atoms with Gasteiger partial charge in [-0.15, -0.1) is 0 Å². The van der Waals surface area contributed by atoms with Crippen LogP contribution in [0.3, 0.4) is 0 Å². The lowest BCUT2D eigenvalue weighted by Crippen LogP contribution is -2.25. The van der Waals surface area contributed by atoms with E-state index >= 15 is 0 Å². The largest absolute Gasteiger partial charge is 0.276 e. The minimum Gasteiger partial charge on any atom is -0.276 e. The molecule has 2 rings (SSSR count). The standard InChI is InChI=1S/C14H17NO/c1-10(2)14(3)8-13(15-9-16)11-6-4-5-7-12(11)14/h4-7,9-10H,8H2,1-3H3. The van der Waals surface area contributed by atoms with Gasteiger partial charge in [-0.2, -0.15) is 0 Å². The van der Waals surface area contributed by atoms with Crippen molar-refractivity contribution in [1.82, 2.24) is 0 Å². The molecule has 1 amide bonds. The van der Waals surface area contributed by atoms with Crippen molar-refractivity contribution in [3.8, 4) is 0 Å². The molecule has 2 heteroatoms. The van der Waals surface area contributed by atoms with E-state index < -0.39 is 0 Å². The number of hydrogen-bond donors (Lipinski definition) is 0. The molecule has 0 N–H and O–H groups in total. The van der Waals surface area contributed by atoms with E-state index in [0.29, 0.717) is 12.3 Å². The second-order valence-corrected chi connectivity index (χ2v) is 4.98. The Balaban J connectivity index is 2.60. The lowest BCUT2D eigenvalue weighted by molar-refractivity contribution is -0.106. The Morgan fingerprint density at radius 1 is 1.38 bits per heavy atom. The monoisotopic (exact) mass is 215 g/mol. The number of fused-ring (bicyclic) bond motifs is 1. The van der Waals surface area contributed by atoms with E-state index in [2.05, 4.69) is 44.0 Å². The summed E-state index contributed by atoms with van der Waals surface area (Å²) in [5.74, 6) is 0.535. The van der Waals surface area contributed by atoms with Crippen LogP contribution < -0.4 is 0 Å². The highest BCUT2D eigenvalue weighted by Gasteiger charge is 2.40. The van der Waals surface area contributed by atoms with Crippen molar-refractivity contribution >= 4 is 12.1 Å². The third kappa shape index (κ3) is 1.49. The summed E-state index contributed by atoms with van der Waals surface area (Å²) in [5.41, 5.74) is 3.51. The number of amides is 1. The highest BCUT2D eigenvalue weighted by Crippen LogP contribution is 2.43. The van der Waals surface area contributed by atoms with Crippen LogP contribution in [-0.4, -0.2) is 12.1 Å². The molecule has 1 aromatic carbocycles. The Kier molecular flexibility index (Phi) is 2.66. The highest BCUT2D eigenvalue weighted by atomic mass is 16.1. The SMILES string of the molecule is CC(C)C1(C)CC(=NC=O)c2ccccc21. The second-order valence-electron chi connectivity index (χ2n) is 4.98. The Hall–Kier alpha value is -1.44. The fourth-order valence-corrected chi connectivity index (χ4v) is 2.47. The molecule has 0 spiro atoms. The Bertz CT molecular complexity index is 448. The van der Waals surface area contributed by atoms with Crippen molar-refractivity contribution in [2.24, 2.45) is 10.9 Å². The summed E-state index contributed by atoms with van der Waals surface area (Å²) in [5, 5.41) is 0. The molecular weight excluding hydrogens is 198 g/mol. The van der Waals surface area contributed by atoms with E-state index in [1.165, 1.54) is 5.56 Å². The maximum atomic E-state index is 10.6. The summed E-state index contributed by atoms with van der Waals surface area (Å²) in [7, 11) is 0. The molecule has 1 unspecified atom stereocenters. The van der Waals surface area contributed by atoms with Gasteiger partial charge in [-0.3, -0.25) is 4.79 Å². The fraction of sp³-hybridized carbons (Fsp3) is 0.429. The summed E-state index contributed by atoms with van der Waals surface area (Å²) in [4.78, 5) is 14.5. The zero-order valence-electron chi connectivity index (χ0n) is 10.0. The molecule has 0 fully saturated rings. The third-order valence-electron chi connectivity index (χ3n) is 3.87. The fourth-order valence-electron chi connectivity index (χ4n) is 2.47. The first-order chi connectivity index (χ1) is 7.59. The minimum absolute atomic E-state index is 0.110. The molecule has 0 bridgehead atoms. The summed E-state index contributed by atoms with van der Waals surface area (Å²) < 4.78 is 0. The molecule has 0 aliphatic heterocycles. The van der Waals surface area contributed by atoms with Crippen molar-refractivity contribution < 1.29 is 4.79 Å². The van der Waals surface area contributed by atoms with Crippen LogP contribution in [0.25, 0.3) is 0 Å². The average molecular weight is 215 g/mol. The van der Waals surface area contributed by atoms with Gasteiger partial charge in [0.25, 0.3) is 0 Å². The number of hydrogen-bond acceptors (Lipinski definition) is 1. The first-order valence-corrected chi connectivity index (χ1v) is 5.70. The van der Waals surface area contributed by atoms with Gasteiger partial charge in [-0.05, 0) is 17.0 Å². The van der Waals surface area contributed by atoms with Crippen LogP contribution in [0.4, 0.5) is 0 Å². The topological polar surface area (TPSA) is 29.4 Å². The molecule has 0 radical (unpaired) electrons. The number of benzene rings is 1. The Morgan fingerprint density at radius 2 is 2.06 bits per heavy atom. The third-order valence-corrected chi connectivity index (χ3v) is 3.87. The number of nitrogens with zero attached hydrogens (tertiary/aromatic N) is 1. The summed E-state index contributed by atoms with van der Waals surface area (Å²) in [6, 6.07) is 8.28. The molecule has 16 heavy (non-hydrogen) atoms. The van der Waals surface area contributed by atoms with E-state index in [-0.39, 0.29) is 5.41 Å². The molecule has 0 heterocycles. The van der Waals surface area contributed by atoms with Crippen LogP contribution in [0.5, 0.6) is 0 Å². The van der Waals surface area contributed by atoms with E-state index in [9.17, 15) is 4.79 Å². The van der Waals surface area contributed by atoms with Crippen LogP contribution in [-0.2, 0) is 10.2 Å². The van der Waals surface area contributed by atoms with Gasteiger partial charge in [-0.1, -0.05) is 45.0 Å². The second kappa shape index (κ2) is 3.85. The maximum Gasteiger partial charge on any atom is 0.233 e. The molecule has 2 nitrogen and oxygen atoms in total. The molecule has 1 atom stereocenters. The summed E-state index contributed by atoms with van der Waals surface area (Å²) in [6.07, 6.45) is 1.51. The highest BCUT2D eigenvalue weighted by molar-refractivity contribution is 6.08. The molecule has 84 valence electrons. The van der Waals surface area contributed by atoms with E-state index in [0.717, 1.165) is 17.7 Å². The average Bonchev–Trinajstić information content (AvgIpc) is 2.55. The number of carbonyl (C=O) groups is 1.